The highest BCUT2D eigenvalue weighted by Crippen LogP contribution is 2.29. The van der Waals surface area contributed by atoms with Crippen LogP contribution < -0.4 is 10.2 Å². The van der Waals surface area contributed by atoms with Gasteiger partial charge in [0.05, 0.1) is 24.7 Å². The van der Waals surface area contributed by atoms with Gasteiger partial charge in [0, 0.05) is 24.6 Å². The number of benzene rings is 1. The Morgan fingerprint density at radius 3 is 2.73 bits per heavy atom. The number of anilines is 1. The van der Waals surface area contributed by atoms with E-state index in [1.54, 1.807) is 17.6 Å². The molecular formula is C22H23N5O2S. The first-order chi connectivity index (χ1) is 14.7. The molecule has 4 heterocycles. The van der Waals surface area contributed by atoms with Gasteiger partial charge in [-0.25, -0.2) is 9.50 Å². The topological polar surface area (TPSA) is 75.7 Å². The quantitative estimate of drug-likeness (QED) is 0.529. The van der Waals surface area contributed by atoms with E-state index >= 15 is 0 Å². The second-order valence-corrected chi connectivity index (χ2v) is 8.60. The van der Waals surface area contributed by atoms with E-state index in [0.717, 1.165) is 53.0 Å². The van der Waals surface area contributed by atoms with Gasteiger partial charge in [-0.15, -0.1) is 5.10 Å². The molecule has 154 valence electrons. The lowest BCUT2D eigenvalue weighted by Gasteiger charge is -2.30. The third-order valence-electron chi connectivity index (χ3n) is 5.53. The van der Waals surface area contributed by atoms with E-state index < -0.39 is 0 Å². The fourth-order valence-electron chi connectivity index (χ4n) is 3.75. The summed E-state index contributed by atoms with van der Waals surface area (Å²) in [6, 6.07) is 12.1. The molecule has 0 saturated carbocycles. The van der Waals surface area contributed by atoms with Crippen LogP contribution in [0.5, 0.6) is 0 Å². The van der Waals surface area contributed by atoms with Crippen LogP contribution in [0.4, 0.5) is 5.13 Å². The molecule has 0 aliphatic carbocycles. The third-order valence-corrected chi connectivity index (χ3v) is 6.52. The molecule has 30 heavy (non-hydrogen) atoms. The van der Waals surface area contributed by atoms with Gasteiger partial charge < -0.3 is 14.6 Å². The molecule has 1 amide bonds. The molecule has 0 bridgehead atoms. The van der Waals surface area contributed by atoms with Gasteiger partial charge in [0.15, 0.2) is 0 Å². The largest absolute Gasteiger partial charge is 0.467 e. The number of aryl methyl sites for hydroxylation is 1. The number of carbonyl (C=O) groups is 1. The Hall–Kier alpha value is -3.13. The van der Waals surface area contributed by atoms with Crippen LogP contribution in [0.15, 0.2) is 53.3 Å². The molecule has 4 aromatic rings. The predicted molar refractivity (Wildman–Crippen MR) is 117 cm³/mol. The Kier molecular flexibility index (Phi) is 5.00. The minimum absolute atomic E-state index is 0.0356. The van der Waals surface area contributed by atoms with Gasteiger partial charge in [-0.1, -0.05) is 41.2 Å². The first-order valence-electron chi connectivity index (χ1n) is 10.1. The lowest BCUT2D eigenvalue weighted by Crippen LogP contribution is -2.40. The lowest BCUT2D eigenvalue weighted by atomic mass is 9.96. The van der Waals surface area contributed by atoms with E-state index in [1.165, 1.54) is 5.56 Å². The summed E-state index contributed by atoms with van der Waals surface area (Å²) in [5.41, 5.74) is 3.27. The highest BCUT2D eigenvalue weighted by atomic mass is 32.1. The molecule has 1 aromatic carbocycles. The monoisotopic (exact) mass is 421 g/mol. The van der Waals surface area contributed by atoms with Crippen LogP contribution >= 0.6 is 11.3 Å². The Balaban J connectivity index is 1.20. The zero-order chi connectivity index (χ0) is 20.5. The van der Waals surface area contributed by atoms with Crippen molar-refractivity contribution in [2.75, 3.05) is 18.0 Å². The van der Waals surface area contributed by atoms with Crippen molar-refractivity contribution in [2.45, 2.75) is 26.3 Å². The molecule has 0 radical (unpaired) electrons. The number of hydrogen-bond acceptors (Lipinski definition) is 6. The van der Waals surface area contributed by atoms with Crippen molar-refractivity contribution in [3.05, 3.63) is 60.2 Å². The number of imidazole rings is 1. The summed E-state index contributed by atoms with van der Waals surface area (Å²) in [6.07, 6.45) is 5.24. The highest BCUT2D eigenvalue weighted by Gasteiger charge is 2.27. The van der Waals surface area contributed by atoms with Crippen LogP contribution in [-0.4, -0.2) is 33.6 Å². The Labute approximate surface area is 178 Å². The lowest BCUT2D eigenvalue weighted by molar-refractivity contribution is -0.125. The average Bonchev–Trinajstić information content (AvgIpc) is 3.49. The Morgan fingerprint density at radius 2 is 2.03 bits per heavy atom. The number of hydrogen-bond donors (Lipinski definition) is 1. The van der Waals surface area contributed by atoms with E-state index in [2.05, 4.69) is 41.4 Å². The number of aromatic nitrogens is 3. The second-order valence-electron chi connectivity index (χ2n) is 7.66. The third kappa shape index (κ3) is 3.82. The van der Waals surface area contributed by atoms with Crippen molar-refractivity contribution in [1.29, 1.82) is 0 Å². The number of carbonyl (C=O) groups excluding carboxylic acids is 1. The van der Waals surface area contributed by atoms with E-state index in [0.29, 0.717) is 6.54 Å². The number of furan rings is 1. The number of nitrogens with one attached hydrogen (secondary N) is 1. The summed E-state index contributed by atoms with van der Waals surface area (Å²) < 4.78 is 7.13. The smallest absolute Gasteiger partial charge is 0.223 e. The summed E-state index contributed by atoms with van der Waals surface area (Å²) >= 11 is 1.59. The average molecular weight is 422 g/mol. The van der Waals surface area contributed by atoms with Crippen LogP contribution in [0, 0.1) is 12.8 Å². The van der Waals surface area contributed by atoms with Crippen molar-refractivity contribution >= 4 is 27.3 Å². The molecule has 0 atom stereocenters. The minimum Gasteiger partial charge on any atom is -0.467 e. The van der Waals surface area contributed by atoms with Gasteiger partial charge in [-0.05, 0) is 31.9 Å². The van der Waals surface area contributed by atoms with Crippen molar-refractivity contribution in [2.24, 2.45) is 5.92 Å². The first kappa shape index (κ1) is 18.9. The van der Waals surface area contributed by atoms with Crippen LogP contribution in [0.1, 0.15) is 24.2 Å². The van der Waals surface area contributed by atoms with Crippen LogP contribution in [0.3, 0.4) is 0 Å². The summed E-state index contributed by atoms with van der Waals surface area (Å²) in [5.74, 6) is 0.910. The Bertz CT molecular complexity index is 1110. The molecule has 0 unspecified atom stereocenters. The van der Waals surface area contributed by atoms with Gasteiger partial charge in [-0.2, -0.15) is 0 Å². The standard InChI is InChI=1S/C22H23N5O2S/c1-15-4-6-16(7-5-15)19-14-27-21(24-19)30-22(25-27)26-10-8-17(9-11-26)20(28)23-13-18-3-2-12-29-18/h2-7,12,14,17H,8-11,13H2,1H3,(H,23,28). The van der Waals surface area contributed by atoms with Crippen molar-refractivity contribution in [1.82, 2.24) is 19.9 Å². The maximum Gasteiger partial charge on any atom is 0.223 e. The van der Waals surface area contributed by atoms with Gasteiger partial charge in [0.25, 0.3) is 0 Å². The van der Waals surface area contributed by atoms with Crippen LogP contribution in [0.25, 0.3) is 16.2 Å². The molecular weight excluding hydrogens is 398 g/mol. The molecule has 7 nitrogen and oxygen atoms in total. The van der Waals surface area contributed by atoms with Crippen molar-refractivity contribution in [3.8, 4) is 11.3 Å². The molecule has 1 fully saturated rings. The zero-order valence-electron chi connectivity index (χ0n) is 16.7. The molecule has 1 aliphatic heterocycles. The van der Waals surface area contributed by atoms with E-state index in [9.17, 15) is 4.79 Å². The number of piperidine rings is 1. The Morgan fingerprint density at radius 1 is 1.23 bits per heavy atom. The van der Waals surface area contributed by atoms with Crippen LogP contribution in [-0.2, 0) is 11.3 Å². The first-order valence-corrected chi connectivity index (χ1v) is 11.0. The fourth-order valence-corrected chi connectivity index (χ4v) is 4.68. The molecule has 1 saturated heterocycles. The second kappa shape index (κ2) is 7.95. The molecule has 1 aliphatic rings. The normalized spacial score (nSPS) is 15.0. The number of nitrogens with zero attached hydrogens (tertiary/aromatic N) is 4. The highest BCUT2D eigenvalue weighted by molar-refractivity contribution is 7.20. The summed E-state index contributed by atoms with van der Waals surface area (Å²) in [6.45, 7) is 4.16. The van der Waals surface area contributed by atoms with Gasteiger partial charge in [0.2, 0.25) is 16.0 Å². The maximum absolute atomic E-state index is 12.4. The van der Waals surface area contributed by atoms with Crippen LogP contribution in [0.2, 0.25) is 0 Å². The number of amides is 1. The van der Waals surface area contributed by atoms with Gasteiger partial charge in [0.1, 0.15) is 5.76 Å². The van der Waals surface area contributed by atoms with Gasteiger partial charge >= 0.3 is 0 Å². The molecule has 3 aromatic heterocycles. The van der Waals surface area contributed by atoms with E-state index in [4.69, 9.17) is 14.5 Å². The minimum atomic E-state index is 0.0356. The van der Waals surface area contributed by atoms with Gasteiger partial charge in [-0.3, -0.25) is 4.79 Å². The van der Waals surface area contributed by atoms with E-state index in [-0.39, 0.29) is 11.8 Å². The summed E-state index contributed by atoms with van der Waals surface area (Å²) in [4.78, 5) is 20.3. The predicted octanol–water partition coefficient (Wildman–Crippen LogP) is 3.89. The SMILES string of the molecule is Cc1ccc(-c2cn3nc(N4CCC(C(=O)NCc5ccco5)CC4)sc3n2)cc1. The molecule has 8 heteroatoms. The summed E-state index contributed by atoms with van der Waals surface area (Å²) in [7, 11) is 0. The molecule has 5 rings (SSSR count). The number of fused-ring (bicyclic) bond motifs is 1. The molecule has 0 spiro atoms. The molecule has 1 N–H and O–H groups in total. The summed E-state index contributed by atoms with van der Waals surface area (Å²) in [5, 5.41) is 8.66. The van der Waals surface area contributed by atoms with Crippen molar-refractivity contribution in [3.63, 3.8) is 0 Å². The fraction of sp³-hybridized carbons (Fsp3) is 0.318. The van der Waals surface area contributed by atoms with E-state index in [1.807, 2.05) is 22.8 Å². The number of rotatable bonds is 5. The zero-order valence-corrected chi connectivity index (χ0v) is 17.6. The maximum atomic E-state index is 12.4. The van der Waals surface area contributed by atoms with Crippen molar-refractivity contribution < 1.29 is 9.21 Å².